The number of nitrogens with zero attached hydrogens (tertiary/aromatic N) is 3. The molecule has 29 heavy (non-hydrogen) atoms. The SMILES string of the molecule is CCn1nc(C(=O)Nc2ccc(OCC(=O)N(C)C)cc2)c2ccccc2c1=O. The number of amides is 2. The number of carbonyl (C=O) groups excluding carboxylic acids is 2. The summed E-state index contributed by atoms with van der Waals surface area (Å²) in [6, 6.07) is 13.6. The van der Waals surface area contributed by atoms with Crippen LogP contribution in [0, 0.1) is 0 Å². The number of carbonyl (C=O) groups is 2. The van der Waals surface area contributed by atoms with E-state index in [2.05, 4.69) is 10.4 Å². The van der Waals surface area contributed by atoms with E-state index in [1.165, 1.54) is 9.58 Å². The smallest absolute Gasteiger partial charge is 0.276 e. The molecular formula is C21H22N4O4. The van der Waals surface area contributed by atoms with Gasteiger partial charge in [0, 0.05) is 31.7 Å². The van der Waals surface area contributed by atoms with Gasteiger partial charge in [-0.1, -0.05) is 18.2 Å². The molecule has 0 atom stereocenters. The summed E-state index contributed by atoms with van der Waals surface area (Å²) < 4.78 is 6.69. The maximum Gasteiger partial charge on any atom is 0.276 e. The van der Waals surface area contributed by atoms with E-state index < -0.39 is 5.91 Å². The fourth-order valence-corrected chi connectivity index (χ4v) is 2.72. The van der Waals surface area contributed by atoms with Gasteiger partial charge in [0.2, 0.25) is 0 Å². The Bertz CT molecular complexity index is 1100. The number of rotatable bonds is 6. The third-order valence-corrected chi connectivity index (χ3v) is 4.36. The Labute approximate surface area is 167 Å². The summed E-state index contributed by atoms with van der Waals surface area (Å²) in [6.07, 6.45) is 0. The lowest BCUT2D eigenvalue weighted by atomic mass is 10.1. The van der Waals surface area contributed by atoms with Crippen molar-refractivity contribution in [3.8, 4) is 5.75 Å². The Morgan fingerprint density at radius 3 is 2.34 bits per heavy atom. The lowest BCUT2D eigenvalue weighted by Crippen LogP contribution is -2.27. The van der Waals surface area contributed by atoms with E-state index >= 15 is 0 Å². The van der Waals surface area contributed by atoms with Gasteiger partial charge in [-0.15, -0.1) is 0 Å². The molecule has 0 bridgehead atoms. The second-order valence-corrected chi connectivity index (χ2v) is 6.57. The van der Waals surface area contributed by atoms with Crippen molar-refractivity contribution in [2.45, 2.75) is 13.5 Å². The van der Waals surface area contributed by atoms with Gasteiger partial charge in [0.1, 0.15) is 5.75 Å². The average molecular weight is 394 g/mol. The van der Waals surface area contributed by atoms with Gasteiger partial charge in [-0.05, 0) is 37.3 Å². The Balaban J connectivity index is 1.80. The fraction of sp³-hybridized carbons (Fsp3) is 0.238. The number of ether oxygens (including phenoxy) is 1. The van der Waals surface area contributed by atoms with Crippen LogP contribution in [0.4, 0.5) is 5.69 Å². The summed E-state index contributed by atoms with van der Waals surface area (Å²) >= 11 is 0. The molecule has 0 saturated heterocycles. The molecule has 2 amide bonds. The van der Waals surface area contributed by atoms with Crippen LogP contribution < -0.4 is 15.6 Å². The first kappa shape index (κ1) is 20.1. The minimum absolute atomic E-state index is 0.0623. The number of anilines is 1. The van der Waals surface area contributed by atoms with Crippen molar-refractivity contribution in [3.05, 3.63) is 64.6 Å². The van der Waals surface area contributed by atoms with Crippen molar-refractivity contribution in [2.24, 2.45) is 0 Å². The standard InChI is InChI=1S/C21H22N4O4/c1-4-25-21(28)17-8-6-5-7-16(17)19(23-25)20(27)22-14-9-11-15(12-10-14)29-13-18(26)24(2)3/h5-12H,4,13H2,1-3H3,(H,22,27). The molecule has 0 spiro atoms. The van der Waals surface area contributed by atoms with E-state index in [4.69, 9.17) is 4.74 Å². The topological polar surface area (TPSA) is 93.5 Å². The van der Waals surface area contributed by atoms with Gasteiger partial charge in [0.05, 0.1) is 5.39 Å². The lowest BCUT2D eigenvalue weighted by molar-refractivity contribution is -0.130. The Morgan fingerprint density at radius 2 is 1.72 bits per heavy atom. The predicted octanol–water partition coefficient (Wildman–Crippen LogP) is 2.14. The summed E-state index contributed by atoms with van der Waals surface area (Å²) in [5, 5.41) is 7.96. The number of nitrogens with one attached hydrogen (secondary N) is 1. The molecule has 150 valence electrons. The largest absolute Gasteiger partial charge is 0.484 e. The van der Waals surface area contributed by atoms with Crippen molar-refractivity contribution >= 4 is 28.3 Å². The van der Waals surface area contributed by atoms with Crippen molar-refractivity contribution in [3.63, 3.8) is 0 Å². The number of benzene rings is 2. The van der Waals surface area contributed by atoms with E-state index in [-0.39, 0.29) is 23.8 Å². The molecule has 1 aromatic heterocycles. The summed E-state index contributed by atoms with van der Waals surface area (Å²) in [7, 11) is 3.31. The molecule has 2 aromatic carbocycles. The third-order valence-electron chi connectivity index (χ3n) is 4.36. The fourth-order valence-electron chi connectivity index (χ4n) is 2.72. The van der Waals surface area contributed by atoms with Crippen LogP contribution in [0.5, 0.6) is 5.75 Å². The number of hydrogen-bond acceptors (Lipinski definition) is 5. The van der Waals surface area contributed by atoms with Gasteiger partial charge in [0.25, 0.3) is 17.4 Å². The first-order valence-electron chi connectivity index (χ1n) is 9.15. The quantitative estimate of drug-likeness (QED) is 0.691. The predicted molar refractivity (Wildman–Crippen MR) is 110 cm³/mol. The molecular weight excluding hydrogens is 372 g/mol. The Kier molecular flexibility index (Phi) is 5.92. The average Bonchev–Trinajstić information content (AvgIpc) is 2.73. The molecule has 0 aliphatic heterocycles. The highest BCUT2D eigenvalue weighted by molar-refractivity contribution is 6.11. The summed E-state index contributed by atoms with van der Waals surface area (Å²) in [4.78, 5) is 38.2. The molecule has 3 aromatic rings. The zero-order chi connectivity index (χ0) is 21.0. The number of likely N-dealkylation sites (N-methyl/N-ethyl adjacent to an activating group) is 1. The highest BCUT2D eigenvalue weighted by Crippen LogP contribution is 2.18. The minimum atomic E-state index is -0.417. The molecule has 1 N–H and O–H groups in total. The number of hydrogen-bond donors (Lipinski definition) is 1. The normalized spacial score (nSPS) is 10.6. The first-order chi connectivity index (χ1) is 13.9. The van der Waals surface area contributed by atoms with Gasteiger partial charge < -0.3 is 15.0 Å². The molecule has 0 aliphatic carbocycles. The van der Waals surface area contributed by atoms with Crippen molar-refractivity contribution in [2.75, 3.05) is 26.0 Å². The molecule has 0 unspecified atom stereocenters. The van der Waals surface area contributed by atoms with Gasteiger partial charge in [-0.2, -0.15) is 5.10 Å². The molecule has 3 rings (SSSR count). The zero-order valence-corrected chi connectivity index (χ0v) is 16.5. The Hall–Kier alpha value is -3.68. The summed E-state index contributed by atoms with van der Waals surface area (Å²) in [5.74, 6) is -0.0486. The van der Waals surface area contributed by atoms with E-state index in [0.717, 1.165) is 0 Å². The molecule has 0 saturated carbocycles. The maximum atomic E-state index is 12.8. The van der Waals surface area contributed by atoms with E-state index in [0.29, 0.717) is 28.8 Å². The van der Waals surface area contributed by atoms with Crippen LogP contribution in [0.1, 0.15) is 17.4 Å². The number of aromatic nitrogens is 2. The number of aryl methyl sites for hydroxylation is 1. The van der Waals surface area contributed by atoms with E-state index in [1.54, 1.807) is 69.6 Å². The van der Waals surface area contributed by atoms with Crippen LogP contribution >= 0.6 is 0 Å². The minimum Gasteiger partial charge on any atom is -0.484 e. The van der Waals surface area contributed by atoms with Crippen molar-refractivity contribution in [1.29, 1.82) is 0 Å². The van der Waals surface area contributed by atoms with Crippen molar-refractivity contribution in [1.82, 2.24) is 14.7 Å². The maximum absolute atomic E-state index is 12.8. The molecule has 1 heterocycles. The van der Waals surface area contributed by atoms with E-state index in [9.17, 15) is 14.4 Å². The number of fused-ring (bicyclic) bond motifs is 1. The molecule has 0 fully saturated rings. The lowest BCUT2D eigenvalue weighted by Gasteiger charge is -2.12. The highest BCUT2D eigenvalue weighted by atomic mass is 16.5. The van der Waals surface area contributed by atoms with E-state index in [1.807, 2.05) is 0 Å². The van der Waals surface area contributed by atoms with Crippen LogP contribution in [0.15, 0.2) is 53.3 Å². The van der Waals surface area contributed by atoms with Crippen LogP contribution in [0.25, 0.3) is 10.8 Å². The van der Waals surface area contributed by atoms with Crippen LogP contribution in [0.3, 0.4) is 0 Å². The van der Waals surface area contributed by atoms with Crippen LogP contribution in [-0.2, 0) is 11.3 Å². The van der Waals surface area contributed by atoms with Gasteiger partial charge in [-0.25, -0.2) is 4.68 Å². The molecule has 8 heteroatoms. The monoisotopic (exact) mass is 394 g/mol. The second kappa shape index (κ2) is 8.55. The molecule has 0 radical (unpaired) electrons. The third kappa shape index (κ3) is 4.43. The summed E-state index contributed by atoms with van der Waals surface area (Å²) in [5.41, 5.74) is 0.494. The Morgan fingerprint density at radius 1 is 1.07 bits per heavy atom. The van der Waals surface area contributed by atoms with Gasteiger partial charge in [0.15, 0.2) is 12.3 Å². The van der Waals surface area contributed by atoms with Crippen LogP contribution in [-0.4, -0.2) is 47.2 Å². The molecule has 8 nitrogen and oxygen atoms in total. The highest BCUT2D eigenvalue weighted by Gasteiger charge is 2.16. The van der Waals surface area contributed by atoms with Gasteiger partial charge >= 0.3 is 0 Å². The molecule has 0 aliphatic rings. The van der Waals surface area contributed by atoms with Crippen molar-refractivity contribution < 1.29 is 14.3 Å². The van der Waals surface area contributed by atoms with Gasteiger partial charge in [-0.3, -0.25) is 14.4 Å². The second-order valence-electron chi connectivity index (χ2n) is 6.57. The first-order valence-corrected chi connectivity index (χ1v) is 9.15. The zero-order valence-electron chi connectivity index (χ0n) is 16.5. The van der Waals surface area contributed by atoms with Crippen LogP contribution in [0.2, 0.25) is 0 Å². The summed E-state index contributed by atoms with van der Waals surface area (Å²) in [6.45, 7) is 2.10.